The molecule has 0 saturated carbocycles. The quantitative estimate of drug-likeness (QED) is 0.622. The molecule has 0 unspecified atom stereocenters. The molecule has 2 N–H and O–H groups in total. The van der Waals surface area contributed by atoms with Crippen molar-refractivity contribution in [2.45, 2.75) is 33.1 Å². The van der Waals surface area contributed by atoms with E-state index in [1.54, 1.807) is 24.3 Å². The Labute approximate surface area is 129 Å². The molecular weight excluding hydrogens is 280 g/mol. The maximum Gasteiger partial charge on any atom is 0.251 e. The molecule has 116 valence electrons. The third-order valence-electron chi connectivity index (χ3n) is 3.51. The first-order valence-electron chi connectivity index (χ1n) is 7.50. The van der Waals surface area contributed by atoms with Gasteiger partial charge in [-0.2, -0.15) is 0 Å². The Morgan fingerprint density at radius 2 is 1.68 bits per heavy atom. The minimum Gasteiger partial charge on any atom is -0.383 e. The summed E-state index contributed by atoms with van der Waals surface area (Å²) in [6, 6.07) is 6.95. The maximum atomic E-state index is 12.3. The highest BCUT2D eigenvalue weighted by Crippen LogP contribution is 2.26. The average molecular weight is 300 g/mol. The average Bonchev–Trinajstić information content (AvgIpc) is 2.51. The van der Waals surface area contributed by atoms with Gasteiger partial charge in [-0.05, 0) is 6.42 Å². The first-order chi connectivity index (χ1) is 10.6. The molecule has 0 bridgehead atoms. The van der Waals surface area contributed by atoms with Crippen LogP contribution in [0.2, 0.25) is 0 Å². The molecule has 1 aromatic carbocycles. The van der Waals surface area contributed by atoms with Gasteiger partial charge in [0.2, 0.25) is 11.7 Å². The van der Waals surface area contributed by atoms with E-state index in [-0.39, 0.29) is 11.6 Å². The molecule has 0 heterocycles. The Hall–Kier alpha value is -2.43. The molecule has 1 aliphatic rings. The topological polar surface area (TPSA) is 75.3 Å². The summed E-state index contributed by atoms with van der Waals surface area (Å²) in [5.41, 5.74) is 1.62. The van der Waals surface area contributed by atoms with E-state index in [0.717, 1.165) is 19.3 Å². The number of nitrogens with one attached hydrogen (secondary N) is 2. The molecule has 0 saturated heterocycles. The smallest absolute Gasteiger partial charge is 0.251 e. The van der Waals surface area contributed by atoms with Crippen molar-refractivity contribution in [1.82, 2.24) is 10.6 Å². The van der Waals surface area contributed by atoms with Crippen LogP contribution in [0, 0.1) is 0 Å². The van der Waals surface area contributed by atoms with Gasteiger partial charge in [0.1, 0.15) is 5.70 Å². The number of ketones is 2. The fraction of sp³-hybridized carbons (Fsp3) is 0.353. The highest BCUT2D eigenvalue weighted by molar-refractivity contribution is 6.52. The molecule has 0 aromatic heterocycles. The van der Waals surface area contributed by atoms with Crippen molar-refractivity contribution in [3.05, 3.63) is 41.1 Å². The van der Waals surface area contributed by atoms with Crippen molar-refractivity contribution in [2.75, 3.05) is 6.54 Å². The predicted molar refractivity (Wildman–Crippen MR) is 84.0 cm³/mol. The number of unbranched alkanes of at least 4 members (excludes halogenated alkanes) is 2. The summed E-state index contributed by atoms with van der Waals surface area (Å²) in [5, 5.41) is 5.71. The summed E-state index contributed by atoms with van der Waals surface area (Å²) >= 11 is 0. The van der Waals surface area contributed by atoms with Crippen LogP contribution in [-0.4, -0.2) is 24.0 Å². The summed E-state index contributed by atoms with van der Waals surface area (Å²) < 4.78 is 0. The monoisotopic (exact) mass is 300 g/mol. The van der Waals surface area contributed by atoms with Gasteiger partial charge in [-0.15, -0.1) is 0 Å². The SMILES string of the molecule is CCCCCNC1=C(NC(C)=O)C(=O)C(=O)c2ccccc21. The van der Waals surface area contributed by atoms with E-state index < -0.39 is 11.6 Å². The van der Waals surface area contributed by atoms with Crippen molar-refractivity contribution in [3.63, 3.8) is 0 Å². The van der Waals surface area contributed by atoms with E-state index >= 15 is 0 Å². The molecule has 5 heteroatoms. The minimum absolute atomic E-state index is 0.0488. The lowest BCUT2D eigenvalue weighted by Gasteiger charge is -2.22. The summed E-state index contributed by atoms with van der Waals surface area (Å²) in [6.45, 7) is 4.11. The standard InChI is InChI=1S/C17H20N2O3/c1-3-4-7-10-18-14-12-8-5-6-9-13(12)16(21)17(22)15(14)19-11(2)20/h5-6,8-9,18H,3-4,7,10H2,1-2H3,(H,19,20). The number of rotatable bonds is 6. The number of fused-ring (bicyclic) bond motifs is 1. The van der Waals surface area contributed by atoms with E-state index in [9.17, 15) is 14.4 Å². The predicted octanol–water partition coefficient (Wildman–Crippen LogP) is 2.04. The molecule has 2 rings (SSSR count). The summed E-state index contributed by atoms with van der Waals surface area (Å²) in [7, 11) is 0. The molecule has 0 fully saturated rings. The van der Waals surface area contributed by atoms with Gasteiger partial charge in [0, 0.05) is 24.6 Å². The van der Waals surface area contributed by atoms with Gasteiger partial charge < -0.3 is 10.6 Å². The lowest BCUT2D eigenvalue weighted by Crippen LogP contribution is -2.37. The lowest BCUT2D eigenvalue weighted by atomic mass is 9.90. The van der Waals surface area contributed by atoms with E-state index in [1.165, 1.54) is 6.92 Å². The zero-order valence-electron chi connectivity index (χ0n) is 12.9. The lowest BCUT2D eigenvalue weighted by molar-refractivity contribution is -0.120. The molecule has 1 aliphatic carbocycles. The van der Waals surface area contributed by atoms with Crippen molar-refractivity contribution >= 4 is 23.2 Å². The molecule has 0 atom stereocenters. The molecule has 0 radical (unpaired) electrons. The highest BCUT2D eigenvalue weighted by atomic mass is 16.2. The van der Waals surface area contributed by atoms with Crippen LogP contribution in [0.4, 0.5) is 0 Å². The van der Waals surface area contributed by atoms with Crippen LogP contribution in [0.5, 0.6) is 0 Å². The molecule has 1 aromatic rings. The van der Waals surface area contributed by atoms with Crippen molar-refractivity contribution in [1.29, 1.82) is 0 Å². The molecule has 5 nitrogen and oxygen atoms in total. The molecule has 0 aliphatic heterocycles. The summed E-state index contributed by atoms with van der Waals surface area (Å²) in [4.78, 5) is 35.8. The van der Waals surface area contributed by atoms with Crippen molar-refractivity contribution in [2.24, 2.45) is 0 Å². The number of carbonyl (C=O) groups is 3. The Morgan fingerprint density at radius 3 is 2.32 bits per heavy atom. The Morgan fingerprint density at radius 1 is 1.00 bits per heavy atom. The van der Waals surface area contributed by atoms with Crippen LogP contribution in [0.3, 0.4) is 0 Å². The van der Waals surface area contributed by atoms with Gasteiger partial charge in [-0.1, -0.05) is 44.0 Å². The van der Waals surface area contributed by atoms with Gasteiger partial charge in [-0.25, -0.2) is 0 Å². The van der Waals surface area contributed by atoms with E-state index in [1.807, 2.05) is 0 Å². The van der Waals surface area contributed by atoms with Crippen molar-refractivity contribution in [3.8, 4) is 0 Å². The van der Waals surface area contributed by atoms with E-state index in [4.69, 9.17) is 0 Å². The molecular formula is C17H20N2O3. The number of Topliss-reactive ketones (excluding diaryl/α,β-unsaturated/α-hetero) is 2. The first kappa shape index (κ1) is 15.9. The van der Waals surface area contributed by atoms with Crippen LogP contribution >= 0.6 is 0 Å². The van der Waals surface area contributed by atoms with E-state index in [2.05, 4.69) is 17.6 Å². The van der Waals surface area contributed by atoms with Gasteiger partial charge in [-0.3, -0.25) is 14.4 Å². The second-order valence-electron chi connectivity index (χ2n) is 5.27. The normalized spacial score (nSPS) is 13.9. The van der Waals surface area contributed by atoms with Crippen molar-refractivity contribution < 1.29 is 14.4 Å². The number of amides is 1. The highest BCUT2D eigenvalue weighted by Gasteiger charge is 2.33. The maximum absolute atomic E-state index is 12.3. The third kappa shape index (κ3) is 3.24. The van der Waals surface area contributed by atoms with Crippen LogP contribution in [0.15, 0.2) is 30.0 Å². The Bertz CT molecular complexity index is 647. The first-order valence-corrected chi connectivity index (χ1v) is 7.50. The minimum atomic E-state index is -0.674. The van der Waals surface area contributed by atoms with E-state index in [0.29, 0.717) is 23.4 Å². The van der Waals surface area contributed by atoms with Gasteiger partial charge >= 0.3 is 0 Å². The molecule has 22 heavy (non-hydrogen) atoms. The van der Waals surface area contributed by atoms with Crippen LogP contribution in [-0.2, 0) is 9.59 Å². The van der Waals surface area contributed by atoms with Gasteiger partial charge in [0.05, 0.1) is 5.70 Å². The van der Waals surface area contributed by atoms with Gasteiger partial charge in [0.15, 0.2) is 0 Å². The molecule has 1 amide bonds. The fourth-order valence-electron chi connectivity index (χ4n) is 2.45. The summed E-state index contributed by atoms with van der Waals surface area (Å²) in [5.74, 6) is -1.63. The van der Waals surface area contributed by atoms with Crippen LogP contribution in [0.25, 0.3) is 5.70 Å². The van der Waals surface area contributed by atoms with Crippen LogP contribution in [0.1, 0.15) is 49.0 Å². The van der Waals surface area contributed by atoms with Gasteiger partial charge in [0.25, 0.3) is 5.78 Å². The third-order valence-corrected chi connectivity index (χ3v) is 3.51. The number of benzene rings is 1. The number of hydrogen-bond donors (Lipinski definition) is 2. The Kier molecular flexibility index (Phi) is 5.09. The number of carbonyl (C=O) groups excluding carboxylic acids is 3. The number of allylic oxidation sites excluding steroid dienone is 1. The second kappa shape index (κ2) is 7.02. The summed E-state index contributed by atoms with van der Waals surface area (Å²) in [6.07, 6.45) is 3.12. The van der Waals surface area contributed by atoms with Crippen LogP contribution < -0.4 is 10.6 Å². The largest absolute Gasteiger partial charge is 0.383 e. The molecule has 0 spiro atoms. The number of hydrogen-bond acceptors (Lipinski definition) is 4. The zero-order valence-corrected chi connectivity index (χ0v) is 12.9. The Balaban J connectivity index is 2.41. The zero-order chi connectivity index (χ0) is 16.1. The second-order valence-corrected chi connectivity index (χ2v) is 5.27. The fourth-order valence-corrected chi connectivity index (χ4v) is 2.45.